The predicted octanol–water partition coefficient (Wildman–Crippen LogP) is 3.11. The normalized spacial score (nSPS) is 14.9. The van der Waals surface area contributed by atoms with Crippen LogP contribution in [0.15, 0.2) is 73.6 Å². The van der Waals surface area contributed by atoms with Crippen molar-refractivity contribution >= 4 is 17.2 Å². The van der Waals surface area contributed by atoms with Gasteiger partial charge in [0.25, 0.3) is 0 Å². The summed E-state index contributed by atoms with van der Waals surface area (Å²) in [7, 11) is 1.91. The van der Waals surface area contributed by atoms with Gasteiger partial charge in [-0.15, -0.1) is 0 Å². The summed E-state index contributed by atoms with van der Waals surface area (Å²) in [5.74, 6) is 0.0748. The molecule has 5 aromatic rings. The lowest BCUT2D eigenvalue weighted by Gasteiger charge is -2.35. The Labute approximate surface area is 213 Å². The summed E-state index contributed by atoms with van der Waals surface area (Å²) in [5, 5.41) is 18.8. The first-order valence-corrected chi connectivity index (χ1v) is 12.2. The second-order valence-corrected chi connectivity index (χ2v) is 9.26. The maximum absolute atomic E-state index is 13.3. The van der Waals surface area contributed by atoms with Crippen molar-refractivity contribution in [1.29, 1.82) is 0 Å². The van der Waals surface area contributed by atoms with E-state index in [0.717, 1.165) is 59.6 Å². The SMILES string of the molecule is Cn1cc(-c2ccc3c(N4CCN(c5ncc(C(CO)c6ccc(F)cc6)cn5)CC4)cnn3c2)cn1. The summed E-state index contributed by atoms with van der Waals surface area (Å²) in [6.45, 7) is 3.12. The first-order chi connectivity index (χ1) is 18.1. The van der Waals surface area contributed by atoms with Gasteiger partial charge < -0.3 is 14.9 Å². The molecule has 1 atom stereocenters. The highest BCUT2D eigenvalue weighted by Gasteiger charge is 2.22. The molecule has 10 heteroatoms. The van der Waals surface area contributed by atoms with Gasteiger partial charge in [0.1, 0.15) is 5.82 Å². The minimum Gasteiger partial charge on any atom is -0.395 e. The highest BCUT2D eigenvalue weighted by atomic mass is 19.1. The molecule has 1 saturated heterocycles. The fourth-order valence-corrected chi connectivity index (χ4v) is 4.88. The molecule has 1 unspecified atom stereocenters. The lowest BCUT2D eigenvalue weighted by Crippen LogP contribution is -2.47. The molecule has 5 heterocycles. The van der Waals surface area contributed by atoms with Gasteiger partial charge in [0.15, 0.2) is 0 Å². The van der Waals surface area contributed by atoms with Crippen molar-refractivity contribution in [3.63, 3.8) is 0 Å². The average molecular weight is 499 g/mol. The minimum atomic E-state index is -0.301. The van der Waals surface area contributed by atoms with E-state index < -0.39 is 0 Å². The van der Waals surface area contributed by atoms with Crippen molar-refractivity contribution in [2.75, 3.05) is 42.6 Å². The molecule has 37 heavy (non-hydrogen) atoms. The molecule has 9 nitrogen and oxygen atoms in total. The quantitative estimate of drug-likeness (QED) is 0.385. The Balaban J connectivity index is 1.13. The molecule has 1 aliphatic heterocycles. The van der Waals surface area contributed by atoms with Gasteiger partial charge in [-0.1, -0.05) is 18.2 Å². The molecule has 0 bridgehead atoms. The van der Waals surface area contributed by atoms with Crippen LogP contribution in [0.25, 0.3) is 16.6 Å². The number of pyridine rings is 1. The molecule has 6 rings (SSSR count). The monoisotopic (exact) mass is 498 g/mol. The third-order valence-electron chi connectivity index (χ3n) is 6.95. The molecule has 1 aliphatic rings. The molecule has 0 aliphatic carbocycles. The molecule has 0 spiro atoms. The van der Waals surface area contributed by atoms with Gasteiger partial charge in [-0.05, 0) is 29.3 Å². The van der Waals surface area contributed by atoms with Gasteiger partial charge in [-0.3, -0.25) is 4.68 Å². The van der Waals surface area contributed by atoms with Crippen molar-refractivity contribution in [3.8, 4) is 11.1 Å². The molecule has 0 radical (unpaired) electrons. The fraction of sp³-hybridized carbons (Fsp3) is 0.259. The van der Waals surface area contributed by atoms with Crippen LogP contribution in [0, 0.1) is 5.82 Å². The highest BCUT2D eigenvalue weighted by molar-refractivity contribution is 5.75. The Bertz CT molecular complexity index is 1500. The first-order valence-electron chi connectivity index (χ1n) is 12.2. The summed E-state index contributed by atoms with van der Waals surface area (Å²) >= 11 is 0. The van der Waals surface area contributed by atoms with Crippen LogP contribution in [-0.4, -0.2) is 67.3 Å². The third-order valence-corrected chi connectivity index (χ3v) is 6.95. The number of nitrogens with zero attached hydrogens (tertiary/aromatic N) is 8. The van der Waals surface area contributed by atoms with E-state index in [-0.39, 0.29) is 18.3 Å². The number of aliphatic hydroxyl groups is 1. The van der Waals surface area contributed by atoms with Gasteiger partial charge in [0, 0.05) is 75.1 Å². The van der Waals surface area contributed by atoms with Crippen molar-refractivity contribution in [3.05, 3.63) is 90.5 Å². The van der Waals surface area contributed by atoms with Crippen molar-refractivity contribution in [1.82, 2.24) is 29.4 Å². The summed E-state index contributed by atoms with van der Waals surface area (Å²) < 4.78 is 17.0. The third kappa shape index (κ3) is 4.51. The average Bonchev–Trinajstić information content (AvgIpc) is 3.56. The Hall–Kier alpha value is -4.31. The topological polar surface area (TPSA) is 87.6 Å². The lowest BCUT2D eigenvalue weighted by atomic mass is 9.94. The Morgan fingerprint density at radius 3 is 2.22 bits per heavy atom. The molecule has 1 N–H and O–H groups in total. The second kappa shape index (κ2) is 9.62. The van der Waals surface area contributed by atoms with Crippen LogP contribution >= 0.6 is 0 Å². The van der Waals surface area contributed by atoms with E-state index in [1.54, 1.807) is 29.2 Å². The maximum atomic E-state index is 13.3. The largest absolute Gasteiger partial charge is 0.395 e. The first kappa shape index (κ1) is 23.1. The summed E-state index contributed by atoms with van der Waals surface area (Å²) in [4.78, 5) is 13.7. The zero-order chi connectivity index (χ0) is 25.4. The molecular weight excluding hydrogens is 471 g/mol. The fourth-order valence-electron chi connectivity index (χ4n) is 4.88. The zero-order valence-electron chi connectivity index (χ0n) is 20.4. The van der Waals surface area contributed by atoms with Crippen LogP contribution in [0.4, 0.5) is 16.0 Å². The van der Waals surface area contributed by atoms with E-state index in [2.05, 4.69) is 42.1 Å². The number of benzene rings is 1. The van der Waals surface area contributed by atoms with E-state index in [0.29, 0.717) is 5.95 Å². The standard InChI is InChI=1S/C27H27FN8O/c1-33-16-22(14-31-33)20-4-7-25-26(15-32-36(25)17-20)34-8-10-35(11-9-34)27-29-12-21(13-30-27)24(18-37)19-2-5-23(28)6-3-19/h2-7,12-17,24,37H,8-11,18H2,1H3. The van der Waals surface area contributed by atoms with Gasteiger partial charge in [0.05, 0.1) is 30.2 Å². The van der Waals surface area contributed by atoms with Crippen LogP contribution in [0.5, 0.6) is 0 Å². The van der Waals surface area contributed by atoms with Crippen LogP contribution in [0.1, 0.15) is 17.0 Å². The Morgan fingerprint density at radius 2 is 1.54 bits per heavy atom. The number of aliphatic hydroxyl groups excluding tert-OH is 1. The number of fused-ring (bicyclic) bond motifs is 1. The van der Waals surface area contributed by atoms with Crippen LogP contribution in [0.2, 0.25) is 0 Å². The summed E-state index contributed by atoms with van der Waals surface area (Å²) in [5.41, 5.74) is 5.94. The summed E-state index contributed by atoms with van der Waals surface area (Å²) in [6, 6.07) is 10.4. The number of aryl methyl sites for hydroxylation is 1. The molecular formula is C27H27FN8O. The van der Waals surface area contributed by atoms with E-state index in [9.17, 15) is 9.50 Å². The number of hydrogen-bond acceptors (Lipinski definition) is 7. The zero-order valence-corrected chi connectivity index (χ0v) is 20.4. The molecule has 4 aromatic heterocycles. The van der Waals surface area contributed by atoms with Crippen LogP contribution < -0.4 is 9.80 Å². The number of hydrogen-bond donors (Lipinski definition) is 1. The summed E-state index contributed by atoms with van der Waals surface area (Å²) in [6.07, 6.45) is 11.3. The molecule has 0 saturated carbocycles. The predicted molar refractivity (Wildman–Crippen MR) is 139 cm³/mol. The van der Waals surface area contributed by atoms with Crippen molar-refractivity contribution in [2.24, 2.45) is 7.05 Å². The molecule has 1 aromatic carbocycles. The number of aromatic nitrogens is 6. The number of anilines is 2. The van der Waals surface area contributed by atoms with Crippen LogP contribution in [0.3, 0.4) is 0 Å². The van der Waals surface area contributed by atoms with Gasteiger partial charge >= 0.3 is 0 Å². The van der Waals surface area contributed by atoms with Gasteiger partial charge in [-0.2, -0.15) is 10.2 Å². The minimum absolute atomic E-state index is 0.101. The number of piperazine rings is 1. The van der Waals surface area contributed by atoms with E-state index >= 15 is 0 Å². The van der Waals surface area contributed by atoms with Crippen molar-refractivity contribution < 1.29 is 9.50 Å². The van der Waals surface area contributed by atoms with E-state index in [1.807, 2.05) is 36.4 Å². The maximum Gasteiger partial charge on any atom is 0.225 e. The van der Waals surface area contributed by atoms with E-state index in [4.69, 9.17) is 0 Å². The van der Waals surface area contributed by atoms with E-state index in [1.165, 1.54) is 12.1 Å². The Kier molecular flexibility index (Phi) is 6.01. The highest BCUT2D eigenvalue weighted by Crippen LogP contribution is 2.28. The molecule has 0 amide bonds. The second-order valence-electron chi connectivity index (χ2n) is 9.26. The molecule has 188 valence electrons. The van der Waals surface area contributed by atoms with Crippen LogP contribution in [-0.2, 0) is 7.05 Å². The number of rotatable bonds is 6. The Morgan fingerprint density at radius 1 is 0.811 bits per heavy atom. The van der Waals surface area contributed by atoms with Crippen molar-refractivity contribution in [2.45, 2.75) is 5.92 Å². The van der Waals surface area contributed by atoms with Gasteiger partial charge in [0.2, 0.25) is 5.95 Å². The molecule has 1 fully saturated rings. The smallest absolute Gasteiger partial charge is 0.225 e. The number of halogens is 1. The van der Waals surface area contributed by atoms with Gasteiger partial charge in [-0.25, -0.2) is 18.9 Å². The lowest BCUT2D eigenvalue weighted by molar-refractivity contribution is 0.280.